The summed E-state index contributed by atoms with van der Waals surface area (Å²) in [4.78, 5) is 46.8. The number of hydrogen-bond acceptors (Lipinski definition) is 5. The second-order valence-electron chi connectivity index (χ2n) is 11.7. The van der Waals surface area contributed by atoms with E-state index in [0.29, 0.717) is 41.2 Å². The van der Waals surface area contributed by atoms with E-state index in [9.17, 15) is 9.59 Å². The Kier molecular flexibility index (Phi) is 5.14. The first kappa shape index (κ1) is 25.0. The van der Waals surface area contributed by atoms with Gasteiger partial charge in [-0.25, -0.2) is 0 Å². The quantitative estimate of drug-likeness (QED) is 0.342. The number of nitrogens with zero attached hydrogens (tertiary/aromatic N) is 1. The number of para-hydroxylation sites is 1. The maximum atomic E-state index is 15.2. The maximum absolute atomic E-state index is 15.2. The first-order valence-corrected chi connectivity index (χ1v) is 14.3. The van der Waals surface area contributed by atoms with Crippen LogP contribution in [0.1, 0.15) is 44.2 Å². The van der Waals surface area contributed by atoms with Gasteiger partial charge in [0.25, 0.3) is 0 Å². The van der Waals surface area contributed by atoms with Gasteiger partial charge in [-0.05, 0) is 54.3 Å². The van der Waals surface area contributed by atoms with Crippen LogP contribution in [-0.2, 0) is 27.0 Å². The summed E-state index contributed by atoms with van der Waals surface area (Å²) in [5, 5.41) is 6.24. The van der Waals surface area contributed by atoms with Crippen LogP contribution in [0.3, 0.4) is 0 Å². The molecule has 4 aliphatic heterocycles. The number of amides is 2. The Morgan fingerprint density at radius 3 is 2.38 bits per heavy atom. The molecule has 0 aromatic heterocycles. The third-order valence-corrected chi connectivity index (χ3v) is 9.87. The Morgan fingerprint density at radius 2 is 1.57 bits per heavy atom. The van der Waals surface area contributed by atoms with E-state index < -0.39 is 22.9 Å². The number of nitrogens with one attached hydrogen (secondary N) is 2. The van der Waals surface area contributed by atoms with E-state index >= 15 is 4.79 Å². The first-order chi connectivity index (χ1) is 20.4. The topological polar surface area (TPSA) is 87.7 Å². The number of ketones is 1. The zero-order valence-electron chi connectivity index (χ0n) is 23.3. The summed E-state index contributed by atoms with van der Waals surface area (Å²) in [5.41, 5.74) is 3.46. The summed E-state index contributed by atoms with van der Waals surface area (Å²) >= 11 is 0. The van der Waals surface area contributed by atoms with Crippen LogP contribution < -0.4 is 15.4 Å². The zero-order valence-corrected chi connectivity index (χ0v) is 23.3. The molecule has 42 heavy (non-hydrogen) atoms. The van der Waals surface area contributed by atoms with Gasteiger partial charge in [-0.2, -0.15) is 0 Å². The fraction of sp³-hybridized carbons (Fsp3) is 0.229. The third kappa shape index (κ3) is 2.91. The molecule has 0 aliphatic carbocycles. The van der Waals surface area contributed by atoms with Crippen molar-refractivity contribution in [2.45, 2.75) is 30.3 Å². The molecule has 4 aromatic rings. The van der Waals surface area contributed by atoms with Gasteiger partial charge in [0.2, 0.25) is 11.8 Å². The van der Waals surface area contributed by atoms with Gasteiger partial charge in [-0.15, -0.1) is 0 Å². The number of anilines is 2. The Balaban J connectivity index is 1.53. The highest BCUT2D eigenvalue weighted by Gasteiger charge is 2.79. The Morgan fingerprint density at radius 1 is 0.857 bits per heavy atom. The smallest absolute Gasteiger partial charge is 0.250 e. The van der Waals surface area contributed by atoms with Crippen LogP contribution in [0, 0.1) is 12.8 Å². The summed E-state index contributed by atoms with van der Waals surface area (Å²) in [6.45, 7) is 2.47. The van der Waals surface area contributed by atoms with Crippen LogP contribution in [-0.4, -0.2) is 36.2 Å². The Bertz CT molecular complexity index is 1830. The molecule has 2 amide bonds. The molecule has 2 N–H and O–H groups in total. The van der Waals surface area contributed by atoms with Crippen molar-refractivity contribution in [3.8, 4) is 5.75 Å². The summed E-state index contributed by atoms with van der Waals surface area (Å²) in [6, 6.07) is 28.1. The lowest BCUT2D eigenvalue weighted by Gasteiger charge is -2.42. The number of Topliss-reactive ketones (excluding diaryl/α,β-unsaturated/α-hetero) is 1. The van der Waals surface area contributed by atoms with E-state index in [1.807, 2.05) is 85.8 Å². The van der Waals surface area contributed by atoms with Crippen LogP contribution in [0.5, 0.6) is 5.75 Å². The van der Waals surface area contributed by atoms with Gasteiger partial charge in [0.15, 0.2) is 5.78 Å². The average Bonchev–Trinajstić information content (AvgIpc) is 3.59. The van der Waals surface area contributed by atoms with E-state index in [4.69, 9.17) is 4.74 Å². The molecule has 2 spiro atoms. The second kappa shape index (κ2) is 8.63. The molecule has 0 unspecified atom stereocenters. The van der Waals surface area contributed by atoms with Crippen LogP contribution in [0.4, 0.5) is 11.4 Å². The number of ether oxygens (including phenoxy) is 1. The molecule has 0 saturated carbocycles. The molecule has 1 saturated heterocycles. The molecule has 7 heteroatoms. The molecular formula is C35H29N3O4. The summed E-state index contributed by atoms with van der Waals surface area (Å²) in [6.07, 6.45) is 0.686. The van der Waals surface area contributed by atoms with Crippen molar-refractivity contribution in [2.24, 2.45) is 5.92 Å². The predicted octanol–water partition coefficient (Wildman–Crippen LogP) is 5.15. The van der Waals surface area contributed by atoms with Crippen molar-refractivity contribution in [1.29, 1.82) is 0 Å². The minimum atomic E-state index is -1.46. The van der Waals surface area contributed by atoms with Gasteiger partial charge in [-0.3, -0.25) is 19.3 Å². The molecule has 8 rings (SSSR count). The SMILES string of the molecule is COc1ccc2c(c1)[C@]1(C(=O)N2)[C@H](C(=O)c2ccc(C)cc2)[C@@]2(C(=O)Nc3ccccc32)[C@H]2c3ccccc3CCN21. The lowest BCUT2D eigenvalue weighted by molar-refractivity contribution is -0.128. The highest BCUT2D eigenvalue weighted by molar-refractivity contribution is 6.19. The highest BCUT2D eigenvalue weighted by Crippen LogP contribution is 2.69. The van der Waals surface area contributed by atoms with Crippen LogP contribution in [0.2, 0.25) is 0 Å². The molecule has 0 radical (unpaired) electrons. The summed E-state index contributed by atoms with van der Waals surface area (Å²) in [5.74, 6) is -1.28. The van der Waals surface area contributed by atoms with Gasteiger partial charge in [0.05, 0.1) is 19.1 Å². The number of benzene rings is 4. The fourth-order valence-electron chi connectivity index (χ4n) is 8.22. The van der Waals surface area contributed by atoms with Crippen molar-refractivity contribution in [3.63, 3.8) is 0 Å². The van der Waals surface area contributed by atoms with Crippen LogP contribution in [0.15, 0.2) is 91.0 Å². The molecule has 208 valence electrons. The normalized spacial score (nSPS) is 26.8. The number of aryl methyl sites for hydroxylation is 1. The predicted molar refractivity (Wildman–Crippen MR) is 159 cm³/mol. The zero-order chi connectivity index (χ0) is 28.8. The lowest BCUT2D eigenvalue weighted by Crippen LogP contribution is -2.55. The lowest BCUT2D eigenvalue weighted by atomic mass is 9.59. The van der Waals surface area contributed by atoms with Gasteiger partial charge in [-0.1, -0.05) is 72.3 Å². The number of fused-ring (bicyclic) bond motifs is 9. The van der Waals surface area contributed by atoms with Crippen molar-refractivity contribution in [2.75, 3.05) is 24.3 Å². The molecular weight excluding hydrogens is 526 g/mol. The highest BCUT2D eigenvalue weighted by atomic mass is 16.5. The molecule has 0 bridgehead atoms. The standard InChI is InChI=1S/C35H29N3O4/c1-20-11-13-22(14-12-20)29(39)30-34(25-9-5-6-10-27(25)36-32(34)40)31-24-8-4-3-7-21(24)17-18-38(31)35(30)26-19-23(42-2)15-16-28(26)37-33(35)41/h3-16,19,30-31H,17-18H2,1-2H3,(H,36,40)(H,37,41)/t30-,31-,34-,35-/m1/s1. The van der Waals surface area contributed by atoms with E-state index in [1.165, 1.54) is 0 Å². The summed E-state index contributed by atoms with van der Waals surface area (Å²) in [7, 11) is 1.59. The molecule has 4 aliphatic rings. The minimum Gasteiger partial charge on any atom is -0.497 e. The number of carbonyl (C=O) groups excluding carboxylic acids is 3. The first-order valence-electron chi connectivity index (χ1n) is 14.3. The summed E-state index contributed by atoms with van der Waals surface area (Å²) < 4.78 is 5.64. The third-order valence-electron chi connectivity index (χ3n) is 9.87. The monoisotopic (exact) mass is 555 g/mol. The van der Waals surface area contributed by atoms with Crippen LogP contribution in [0.25, 0.3) is 0 Å². The van der Waals surface area contributed by atoms with Crippen LogP contribution >= 0.6 is 0 Å². The van der Waals surface area contributed by atoms with Crippen molar-refractivity contribution >= 4 is 29.0 Å². The van der Waals surface area contributed by atoms with Gasteiger partial charge >= 0.3 is 0 Å². The Hall–Kier alpha value is -4.75. The van der Waals surface area contributed by atoms with E-state index in [2.05, 4.69) is 21.6 Å². The fourth-order valence-corrected chi connectivity index (χ4v) is 8.22. The van der Waals surface area contributed by atoms with E-state index in [-0.39, 0.29) is 17.6 Å². The van der Waals surface area contributed by atoms with Gasteiger partial charge in [0, 0.05) is 29.0 Å². The number of hydrogen-bond donors (Lipinski definition) is 2. The number of rotatable bonds is 3. The number of carbonyl (C=O) groups is 3. The molecule has 1 fully saturated rings. The van der Waals surface area contributed by atoms with Gasteiger partial charge in [0.1, 0.15) is 16.7 Å². The maximum Gasteiger partial charge on any atom is 0.250 e. The van der Waals surface area contributed by atoms with Crippen molar-refractivity contribution in [3.05, 3.63) is 124 Å². The number of methoxy groups -OCH3 is 1. The molecule has 4 heterocycles. The Labute approximate surface area is 243 Å². The van der Waals surface area contributed by atoms with Crippen molar-refractivity contribution < 1.29 is 19.1 Å². The van der Waals surface area contributed by atoms with Gasteiger partial charge < -0.3 is 15.4 Å². The molecule has 4 aromatic carbocycles. The largest absolute Gasteiger partial charge is 0.497 e. The molecule has 4 atom stereocenters. The van der Waals surface area contributed by atoms with E-state index in [0.717, 1.165) is 22.3 Å². The average molecular weight is 556 g/mol. The van der Waals surface area contributed by atoms with E-state index in [1.54, 1.807) is 13.2 Å². The minimum absolute atomic E-state index is 0.237. The second-order valence-corrected chi connectivity index (χ2v) is 11.7. The van der Waals surface area contributed by atoms with Crippen molar-refractivity contribution in [1.82, 2.24) is 4.90 Å². The molecule has 7 nitrogen and oxygen atoms in total.